The van der Waals surface area contributed by atoms with Gasteiger partial charge in [-0.3, -0.25) is 19.5 Å². The van der Waals surface area contributed by atoms with E-state index < -0.39 is 5.97 Å². The van der Waals surface area contributed by atoms with Gasteiger partial charge >= 0.3 is 5.97 Å². The maximum absolute atomic E-state index is 12.3. The normalized spacial score (nSPS) is 21.3. The molecule has 1 aromatic rings. The van der Waals surface area contributed by atoms with Crippen LogP contribution in [0.2, 0.25) is 0 Å². The van der Waals surface area contributed by atoms with Crippen LogP contribution in [0.25, 0.3) is 6.08 Å². The number of thioether (sulfide) groups is 1. The van der Waals surface area contributed by atoms with Gasteiger partial charge in [0.2, 0.25) is 0 Å². The maximum atomic E-state index is 12.3. The minimum atomic E-state index is -0.848. The third-order valence-electron chi connectivity index (χ3n) is 4.22. The fraction of sp³-hybridized carbons (Fsp3) is 0.438. The van der Waals surface area contributed by atoms with E-state index in [1.807, 2.05) is 16.8 Å². The summed E-state index contributed by atoms with van der Waals surface area (Å²) in [6.07, 6.45) is 7.76. The Hall–Kier alpha value is -2.02. The standard InChI is InChI=1S/C16H19N3O3S/c1-17-16-18(2)15(22)13(23-16)7-10-8-19(9-14(20)21)12-6-4-3-5-11(10)12/h7-8H,3-6,9H2,1-2H3,(H,20,21)/b13-7-,17-16?. The number of aliphatic carboxylic acids is 1. The molecule has 1 aromatic heterocycles. The minimum absolute atomic E-state index is 0.0336. The number of hydrogen-bond donors (Lipinski definition) is 1. The Kier molecular flexibility index (Phi) is 4.30. The molecule has 0 unspecified atom stereocenters. The largest absolute Gasteiger partial charge is 0.480 e. The predicted molar refractivity (Wildman–Crippen MR) is 90.4 cm³/mol. The maximum Gasteiger partial charge on any atom is 0.323 e. The second-order valence-corrected chi connectivity index (χ2v) is 6.73. The van der Waals surface area contributed by atoms with Crippen LogP contribution in [0.3, 0.4) is 0 Å². The number of amidine groups is 1. The molecule has 1 saturated heterocycles. The lowest BCUT2D eigenvalue weighted by atomic mass is 9.95. The molecule has 23 heavy (non-hydrogen) atoms. The van der Waals surface area contributed by atoms with Crippen molar-refractivity contribution in [3.05, 3.63) is 27.9 Å². The molecule has 7 heteroatoms. The fourth-order valence-electron chi connectivity index (χ4n) is 3.14. The monoisotopic (exact) mass is 333 g/mol. The number of carboxylic acid groups (broad SMARTS) is 1. The molecule has 0 aromatic carbocycles. The molecule has 1 aliphatic carbocycles. The zero-order valence-electron chi connectivity index (χ0n) is 13.2. The Morgan fingerprint density at radius 1 is 1.43 bits per heavy atom. The Labute approximate surface area is 138 Å². The summed E-state index contributed by atoms with van der Waals surface area (Å²) >= 11 is 1.36. The number of likely N-dealkylation sites (N-methyl/N-ethyl adjacent to an activating group) is 1. The van der Waals surface area contributed by atoms with Crippen LogP contribution in [0.5, 0.6) is 0 Å². The molecule has 0 bridgehead atoms. The molecule has 2 heterocycles. The van der Waals surface area contributed by atoms with Crippen LogP contribution in [-0.2, 0) is 29.0 Å². The average Bonchev–Trinajstić information content (AvgIpc) is 3.00. The van der Waals surface area contributed by atoms with Crippen LogP contribution in [0.1, 0.15) is 29.7 Å². The molecular weight excluding hydrogens is 314 g/mol. The van der Waals surface area contributed by atoms with Crippen LogP contribution < -0.4 is 0 Å². The van der Waals surface area contributed by atoms with Crippen LogP contribution in [-0.4, -0.2) is 45.7 Å². The molecule has 0 spiro atoms. The fourth-order valence-corrected chi connectivity index (χ4v) is 4.06. The number of rotatable bonds is 3. The smallest absolute Gasteiger partial charge is 0.323 e. The van der Waals surface area contributed by atoms with Gasteiger partial charge < -0.3 is 9.67 Å². The Balaban J connectivity index is 2.00. The number of hydrogen-bond acceptors (Lipinski definition) is 4. The van der Waals surface area contributed by atoms with E-state index >= 15 is 0 Å². The van der Waals surface area contributed by atoms with E-state index in [1.165, 1.54) is 22.2 Å². The highest BCUT2D eigenvalue weighted by atomic mass is 32.2. The molecule has 1 aliphatic heterocycles. The van der Waals surface area contributed by atoms with Gasteiger partial charge in [-0.15, -0.1) is 0 Å². The lowest BCUT2D eigenvalue weighted by Gasteiger charge is -2.14. The number of fused-ring (bicyclic) bond motifs is 1. The van der Waals surface area contributed by atoms with Crippen molar-refractivity contribution < 1.29 is 14.7 Å². The first kappa shape index (κ1) is 15.9. The summed E-state index contributed by atoms with van der Waals surface area (Å²) in [5, 5.41) is 9.77. The summed E-state index contributed by atoms with van der Waals surface area (Å²) in [6.45, 7) is -0.0336. The second-order valence-electron chi connectivity index (χ2n) is 5.72. The lowest BCUT2D eigenvalue weighted by Crippen LogP contribution is -2.23. The molecule has 6 nitrogen and oxygen atoms in total. The molecule has 0 atom stereocenters. The van der Waals surface area contributed by atoms with Gasteiger partial charge in [0.1, 0.15) is 6.54 Å². The van der Waals surface area contributed by atoms with Gasteiger partial charge in [-0.05, 0) is 54.6 Å². The van der Waals surface area contributed by atoms with E-state index in [-0.39, 0.29) is 12.5 Å². The zero-order chi connectivity index (χ0) is 16.6. The molecule has 122 valence electrons. The van der Waals surface area contributed by atoms with Crippen molar-refractivity contribution in [2.24, 2.45) is 4.99 Å². The Morgan fingerprint density at radius 3 is 2.83 bits per heavy atom. The molecule has 1 N–H and O–H groups in total. The van der Waals surface area contributed by atoms with Crippen molar-refractivity contribution in [1.82, 2.24) is 9.47 Å². The van der Waals surface area contributed by atoms with Crippen molar-refractivity contribution in [1.29, 1.82) is 0 Å². The first-order chi connectivity index (χ1) is 11.0. The average molecular weight is 333 g/mol. The summed E-state index contributed by atoms with van der Waals surface area (Å²) in [5.41, 5.74) is 3.24. The summed E-state index contributed by atoms with van der Waals surface area (Å²) in [6, 6.07) is 0. The summed E-state index contributed by atoms with van der Waals surface area (Å²) in [5.74, 6) is -0.912. The highest BCUT2D eigenvalue weighted by Gasteiger charge is 2.30. The van der Waals surface area contributed by atoms with E-state index in [4.69, 9.17) is 5.11 Å². The van der Waals surface area contributed by atoms with Gasteiger partial charge in [-0.2, -0.15) is 0 Å². The van der Waals surface area contributed by atoms with Crippen molar-refractivity contribution in [2.75, 3.05) is 14.1 Å². The van der Waals surface area contributed by atoms with Gasteiger partial charge in [0.05, 0.1) is 4.91 Å². The number of aromatic nitrogens is 1. The summed E-state index contributed by atoms with van der Waals surface area (Å²) in [4.78, 5) is 29.6. The molecule has 0 radical (unpaired) electrons. The van der Waals surface area contributed by atoms with E-state index in [2.05, 4.69) is 4.99 Å². The minimum Gasteiger partial charge on any atom is -0.480 e. The number of aliphatic imine (C=N–C) groups is 1. The number of carbonyl (C=O) groups is 2. The zero-order valence-corrected chi connectivity index (χ0v) is 14.0. The van der Waals surface area contributed by atoms with Crippen molar-refractivity contribution in [3.8, 4) is 0 Å². The molecular formula is C16H19N3O3S. The third kappa shape index (κ3) is 2.93. The molecule has 3 rings (SSSR count). The summed E-state index contributed by atoms with van der Waals surface area (Å²) < 4.78 is 1.81. The van der Waals surface area contributed by atoms with E-state index in [0.717, 1.165) is 36.9 Å². The quantitative estimate of drug-likeness (QED) is 0.858. The second kappa shape index (κ2) is 6.23. The van der Waals surface area contributed by atoms with Crippen molar-refractivity contribution >= 4 is 34.9 Å². The van der Waals surface area contributed by atoms with Gasteiger partial charge in [0.15, 0.2) is 5.17 Å². The van der Waals surface area contributed by atoms with Crippen molar-refractivity contribution in [3.63, 3.8) is 0 Å². The van der Waals surface area contributed by atoms with Crippen LogP contribution in [0, 0.1) is 0 Å². The first-order valence-corrected chi connectivity index (χ1v) is 8.40. The van der Waals surface area contributed by atoms with Crippen molar-refractivity contribution in [2.45, 2.75) is 32.2 Å². The Bertz CT molecular complexity index is 733. The molecule has 1 fully saturated rings. The topological polar surface area (TPSA) is 74.9 Å². The van der Waals surface area contributed by atoms with Gasteiger partial charge in [0, 0.05) is 26.0 Å². The first-order valence-electron chi connectivity index (χ1n) is 7.58. The van der Waals surface area contributed by atoms with Crippen LogP contribution in [0.4, 0.5) is 0 Å². The highest BCUT2D eigenvalue weighted by molar-refractivity contribution is 8.18. The lowest BCUT2D eigenvalue weighted by molar-refractivity contribution is -0.137. The molecule has 2 aliphatic rings. The van der Waals surface area contributed by atoms with Crippen LogP contribution >= 0.6 is 11.8 Å². The van der Waals surface area contributed by atoms with E-state index in [9.17, 15) is 9.59 Å². The number of nitrogens with zero attached hydrogens (tertiary/aromatic N) is 3. The van der Waals surface area contributed by atoms with Gasteiger partial charge in [-0.25, -0.2) is 0 Å². The third-order valence-corrected chi connectivity index (χ3v) is 5.37. The molecule has 0 saturated carbocycles. The van der Waals surface area contributed by atoms with Gasteiger partial charge in [0.25, 0.3) is 5.91 Å². The highest BCUT2D eigenvalue weighted by Crippen LogP contribution is 2.34. The number of carboxylic acids is 1. The predicted octanol–water partition coefficient (Wildman–Crippen LogP) is 1.98. The van der Waals surface area contributed by atoms with E-state index in [0.29, 0.717) is 10.1 Å². The van der Waals surface area contributed by atoms with Gasteiger partial charge in [-0.1, -0.05) is 0 Å². The molecule has 1 amide bonds. The number of carbonyl (C=O) groups excluding carboxylic acids is 1. The SMILES string of the molecule is CN=C1S/C(=C\c2cn(CC(=O)O)c3c2CCCC3)C(=O)N1C. The summed E-state index contributed by atoms with van der Waals surface area (Å²) in [7, 11) is 3.38. The number of amides is 1. The van der Waals surface area contributed by atoms with E-state index in [1.54, 1.807) is 14.1 Å². The Morgan fingerprint density at radius 2 is 2.17 bits per heavy atom. The van der Waals surface area contributed by atoms with Crippen LogP contribution in [0.15, 0.2) is 16.1 Å².